The Hall–Kier alpha value is -3.69. The number of hydrogen-bond donors (Lipinski definition) is 1. The molecular weight excluding hydrogens is 348 g/mol. The Morgan fingerprint density at radius 3 is 2.23 bits per heavy atom. The van der Waals surface area contributed by atoms with Gasteiger partial charge in [0.2, 0.25) is 5.75 Å². The van der Waals surface area contributed by atoms with Crippen LogP contribution in [0.5, 0.6) is 17.2 Å². The minimum absolute atomic E-state index is 0.00497. The Labute approximate surface area is 146 Å². The first-order chi connectivity index (χ1) is 12.4. The Bertz CT molecular complexity index is 819. The van der Waals surface area contributed by atoms with Crippen LogP contribution in [0.1, 0.15) is 12.8 Å². The van der Waals surface area contributed by atoms with Gasteiger partial charge in [-0.2, -0.15) is 0 Å². The van der Waals surface area contributed by atoms with Crippen molar-refractivity contribution in [1.82, 2.24) is 0 Å². The summed E-state index contributed by atoms with van der Waals surface area (Å²) < 4.78 is 10.8. The predicted molar refractivity (Wildman–Crippen MR) is 88.6 cm³/mol. The molecule has 0 atom stereocenters. The van der Waals surface area contributed by atoms with Crippen LogP contribution in [-0.4, -0.2) is 27.5 Å². The van der Waals surface area contributed by atoms with Gasteiger partial charge in [0, 0.05) is 12.5 Å². The van der Waals surface area contributed by atoms with E-state index in [1.807, 2.05) is 0 Å². The van der Waals surface area contributed by atoms with E-state index in [0.717, 1.165) is 18.2 Å². The normalized spacial score (nSPS) is 10.2. The zero-order chi connectivity index (χ0) is 19.1. The Morgan fingerprint density at radius 1 is 1.00 bits per heavy atom. The van der Waals surface area contributed by atoms with Gasteiger partial charge in [-0.05, 0) is 36.8 Å². The molecule has 0 aliphatic heterocycles. The Morgan fingerprint density at radius 2 is 1.65 bits per heavy atom. The van der Waals surface area contributed by atoms with Crippen molar-refractivity contribution in [2.75, 3.05) is 6.61 Å². The van der Waals surface area contributed by atoms with Crippen molar-refractivity contribution < 1.29 is 29.2 Å². The van der Waals surface area contributed by atoms with Crippen molar-refractivity contribution in [3.8, 4) is 17.2 Å². The van der Waals surface area contributed by atoms with E-state index < -0.39 is 27.2 Å². The fraction of sp³-hybridized carbons (Fsp3) is 0.188. The average molecular weight is 362 g/mol. The largest absolute Gasteiger partial charge is 0.494 e. The molecule has 0 spiro atoms. The van der Waals surface area contributed by atoms with Crippen LogP contribution in [0, 0.1) is 20.2 Å². The highest BCUT2D eigenvalue weighted by Crippen LogP contribution is 2.34. The fourth-order valence-corrected chi connectivity index (χ4v) is 1.99. The van der Waals surface area contributed by atoms with Crippen molar-refractivity contribution >= 4 is 17.3 Å². The van der Waals surface area contributed by atoms with Gasteiger partial charge >= 0.3 is 11.7 Å². The van der Waals surface area contributed by atoms with Crippen LogP contribution in [0.15, 0.2) is 42.5 Å². The van der Waals surface area contributed by atoms with E-state index in [0.29, 0.717) is 12.2 Å². The highest BCUT2D eigenvalue weighted by molar-refractivity contribution is 5.66. The lowest BCUT2D eigenvalue weighted by Gasteiger charge is -2.08. The van der Waals surface area contributed by atoms with E-state index >= 15 is 0 Å². The van der Waals surface area contributed by atoms with E-state index in [1.165, 1.54) is 12.1 Å². The maximum absolute atomic E-state index is 11.1. The van der Waals surface area contributed by atoms with Crippen molar-refractivity contribution in [2.45, 2.75) is 12.8 Å². The molecule has 2 rings (SSSR count). The molecule has 136 valence electrons. The van der Waals surface area contributed by atoms with Crippen LogP contribution in [0.2, 0.25) is 0 Å². The number of nitro groups is 2. The second kappa shape index (κ2) is 8.42. The molecule has 0 radical (unpaired) electrons. The highest BCUT2D eigenvalue weighted by atomic mass is 16.6. The van der Waals surface area contributed by atoms with Gasteiger partial charge in [-0.3, -0.25) is 25.0 Å². The molecule has 0 saturated carbocycles. The molecule has 0 amide bonds. The lowest BCUT2D eigenvalue weighted by Crippen LogP contribution is -2.02. The summed E-state index contributed by atoms with van der Waals surface area (Å²) in [5, 5.41) is 30.3. The molecule has 0 aliphatic carbocycles. The number of ether oxygens (including phenoxy) is 2. The number of carboxylic acids is 1. The molecule has 0 fully saturated rings. The number of carboxylic acid groups (broad SMARTS) is 1. The smallest absolute Gasteiger partial charge is 0.318 e. The molecule has 10 heteroatoms. The molecule has 0 bridgehead atoms. The minimum atomic E-state index is -0.901. The first-order valence-corrected chi connectivity index (χ1v) is 7.42. The lowest BCUT2D eigenvalue weighted by molar-refractivity contribution is -0.394. The Balaban J connectivity index is 2.05. The SMILES string of the molecule is O=C(O)CCCOc1ccc(Oc2ccc([N+](=O)[O-])cc2[N+](=O)[O-])cc1. The molecule has 2 aromatic carbocycles. The third kappa shape index (κ3) is 5.16. The molecular formula is C16H14N2O8. The summed E-state index contributed by atoms with van der Waals surface area (Å²) in [7, 11) is 0. The molecule has 10 nitrogen and oxygen atoms in total. The van der Waals surface area contributed by atoms with E-state index in [-0.39, 0.29) is 24.5 Å². The molecule has 0 aromatic heterocycles. The minimum Gasteiger partial charge on any atom is -0.494 e. The van der Waals surface area contributed by atoms with Gasteiger partial charge in [0.1, 0.15) is 11.5 Å². The number of benzene rings is 2. The molecule has 0 aliphatic rings. The van der Waals surface area contributed by atoms with Gasteiger partial charge in [-0.25, -0.2) is 0 Å². The summed E-state index contributed by atoms with van der Waals surface area (Å²) >= 11 is 0. The van der Waals surface area contributed by atoms with Crippen LogP contribution in [-0.2, 0) is 4.79 Å². The number of non-ortho nitro benzene ring substituents is 1. The zero-order valence-electron chi connectivity index (χ0n) is 13.4. The monoisotopic (exact) mass is 362 g/mol. The molecule has 26 heavy (non-hydrogen) atoms. The van der Waals surface area contributed by atoms with Gasteiger partial charge in [0.15, 0.2) is 0 Å². The number of nitrogens with zero attached hydrogens (tertiary/aromatic N) is 2. The quantitative estimate of drug-likeness (QED) is 0.405. The number of aliphatic carboxylic acids is 1. The summed E-state index contributed by atoms with van der Waals surface area (Å²) in [4.78, 5) is 30.7. The van der Waals surface area contributed by atoms with Crippen molar-refractivity contribution in [1.29, 1.82) is 0 Å². The number of rotatable bonds is 9. The summed E-state index contributed by atoms with van der Waals surface area (Å²) in [6.45, 7) is 0.236. The van der Waals surface area contributed by atoms with E-state index in [1.54, 1.807) is 12.1 Å². The van der Waals surface area contributed by atoms with Gasteiger partial charge in [0.25, 0.3) is 5.69 Å². The summed E-state index contributed by atoms with van der Waals surface area (Å²) in [5.41, 5.74) is -0.928. The second-order valence-corrected chi connectivity index (χ2v) is 5.09. The van der Waals surface area contributed by atoms with E-state index in [2.05, 4.69) is 0 Å². The second-order valence-electron chi connectivity index (χ2n) is 5.09. The van der Waals surface area contributed by atoms with Crippen LogP contribution >= 0.6 is 0 Å². The van der Waals surface area contributed by atoms with Gasteiger partial charge in [-0.15, -0.1) is 0 Å². The maximum atomic E-state index is 11.1. The van der Waals surface area contributed by atoms with E-state index in [9.17, 15) is 25.0 Å². The van der Waals surface area contributed by atoms with Crippen LogP contribution in [0.4, 0.5) is 11.4 Å². The summed E-state index contributed by atoms with van der Waals surface area (Å²) in [6, 6.07) is 9.25. The predicted octanol–water partition coefficient (Wildman–Crippen LogP) is 3.54. The standard InChI is InChI=1S/C16H14N2O8/c19-16(20)2-1-9-25-12-4-6-13(7-5-12)26-15-8-3-11(17(21)22)10-14(15)18(23)24/h3-8,10H,1-2,9H2,(H,19,20). The lowest BCUT2D eigenvalue weighted by atomic mass is 10.2. The summed E-state index contributed by atoms with van der Waals surface area (Å²) in [6.07, 6.45) is 0.369. The molecule has 0 unspecified atom stereocenters. The van der Waals surface area contributed by atoms with Gasteiger partial charge < -0.3 is 14.6 Å². The molecule has 0 saturated heterocycles. The maximum Gasteiger partial charge on any atom is 0.318 e. The van der Waals surface area contributed by atoms with Gasteiger partial charge in [-0.1, -0.05) is 0 Å². The third-order valence-corrected chi connectivity index (χ3v) is 3.21. The topological polar surface area (TPSA) is 142 Å². The number of nitro benzene ring substituents is 2. The number of hydrogen-bond acceptors (Lipinski definition) is 7. The van der Waals surface area contributed by atoms with Crippen molar-refractivity contribution in [3.63, 3.8) is 0 Å². The van der Waals surface area contributed by atoms with Crippen LogP contribution in [0.25, 0.3) is 0 Å². The third-order valence-electron chi connectivity index (χ3n) is 3.21. The first kappa shape index (κ1) is 18.6. The van der Waals surface area contributed by atoms with Gasteiger partial charge in [0.05, 0.1) is 22.5 Å². The Kier molecular flexibility index (Phi) is 6.04. The van der Waals surface area contributed by atoms with Crippen molar-refractivity contribution in [2.24, 2.45) is 0 Å². The van der Waals surface area contributed by atoms with Crippen LogP contribution < -0.4 is 9.47 Å². The molecule has 2 aromatic rings. The number of carbonyl (C=O) groups is 1. The van der Waals surface area contributed by atoms with Crippen molar-refractivity contribution in [3.05, 3.63) is 62.7 Å². The summed E-state index contributed by atoms with van der Waals surface area (Å²) in [5.74, 6) is -0.265. The fourth-order valence-electron chi connectivity index (χ4n) is 1.99. The molecule has 1 N–H and O–H groups in total. The first-order valence-electron chi connectivity index (χ1n) is 7.42. The zero-order valence-corrected chi connectivity index (χ0v) is 13.4. The average Bonchev–Trinajstić information content (AvgIpc) is 2.60. The van der Waals surface area contributed by atoms with E-state index in [4.69, 9.17) is 14.6 Å². The highest BCUT2D eigenvalue weighted by Gasteiger charge is 2.21. The van der Waals surface area contributed by atoms with Crippen LogP contribution in [0.3, 0.4) is 0 Å². The molecule has 0 heterocycles.